The van der Waals surface area contributed by atoms with Gasteiger partial charge in [0.05, 0.1) is 11.3 Å². The molecule has 1 aliphatic heterocycles. The minimum absolute atomic E-state index is 0.444. The number of Topliss-reactive ketones (excluding diaryl/α,β-unsaturated/α-hetero) is 1. The number of amides is 1. The fraction of sp³-hybridized carbons (Fsp3) is 0. The highest BCUT2D eigenvalue weighted by Crippen LogP contribution is 2.21. The number of benzene rings is 1. The van der Waals surface area contributed by atoms with Gasteiger partial charge in [0.1, 0.15) is 0 Å². The third-order valence-electron chi connectivity index (χ3n) is 2.05. The van der Waals surface area contributed by atoms with Gasteiger partial charge in [-0.1, -0.05) is 24.3 Å². The van der Waals surface area contributed by atoms with Crippen molar-refractivity contribution in [1.82, 2.24) is 0 Å². The molecule has 1 N–H and O–H groups in total. The minimum Gasteiger partial charge on any atom is -0.318 e. The first-order chi connectivity index (χ1) is 7.79. The Kier molecular flexibility index (Phi) is 3.12. The number of ketones is 1. The van der Waals surface area contributed by atoms with Crippen LogP contribution in [0.3, 0.4) is 0 Å². The van der Waals surface area contributed by atoms with Crippen LogP contribution in [0, 0.1) is 0 Å². The maximum Gasteiger partial charge on any atom is 0.296 e. The second-order valence-electron chi connectivity index (χ2n) is 3.12. The summed E-state index contributed by atoms with van der Waals surface area (Å²) in [5.41, 5.74) is 1.08. The highest BCUT2D eigenvalue weighted by Gasteiger charge is 2.26. The normalized spacial score (nSPS) is 12.5. The van der Waals surface area contributed by atoms with Crippen molar-refractivity contribution in [2.45, 2.75) is 0 Å². The van der Waals surface area contributed by atoms with E-state index < -0.39 is 11.7 Å². The van der Waals surface area contributed by atoms with Crippen LogP contribution < -0.4 is 5.32 Å². The van der Waals surface area contributed by atoms with E-state index in [4.69, 9.17) is 0 Å². The number of carbonyl (C=O) groups excluding carboxylic acids is 2. The monoisotopic (exact) mass is 231 g/mol. The highest BCUT2D eigenvalue weighted by atomic mass is 32.1. The van der Waals surface area contributed by atoms with Crippen LogP contribution in [0.15, 0.2) is 47.2 Å². The number of hydrogen-bond acceptors (Lipinski definition) is 3. The molecule has 3 nitrogen and oxygen atoms in total. The van der Waals surface area contributed by atoms with Gasteiger partial charge >= 0.3 is 0 Å². The Morgan fingerprint density at radius 2 is 1.62 bits per heavy atom. The molecular formula is C12H9NO2S. The first kappa shape index (κ1) is 10.6. The lowest BCUT2D eigenvalue weighted by molar-refractivity contribution is -0.112. The van der Waals surface area contributed by atoms with Crippen LogP contribution in [0.2, 0.25) is 0 Å². The van der Waals surface area contributed by atoms with Crippen LogP contribution >= 0.6 is 11.3 Å². The van der Waals surface area contributed by atoms with Crippen LogP contribution in [0.5, 0.6) is 0 Å². The molecule has 3 rings (SSSR count). The number of rotatable bonds is 0. The fourth-order valence-electron chi connectivity index (χ4n) is 1.32. The fourth-order valence-corrected chi connectivity index (χ4v) is 1.77. The largest absolute Gasteiger partial charge is 0.318 e. The van der Waals surface area contributed by atoms with E-state index in [0.29, 0.717) is 11.3 Å². The van der Waals surface area contributed by atoms with Gasteiger partial charge < -0.3 is 5.32 Å². The third-order valence-corrected chi connectivity index (χ3v) is 2.68. The van der Waals surface area contributed by atoms with Crippen molar-refractivity contribution in [2.75, 3.05) is 5.32 Å². The van der Waals surface area contributed by atoms with Crippen LogP contribution in [0.4, 0.5) is 5.69 Å². The number of fused-ring (bicyclic) bond motifs is 1. The lowest BCUT2D eigenvalue weighted by Gasteiger charge is -1.91. The minimum atomic E-state index is -0.536. The molecule has 0 atom stereocenters. The maximum atomic E-state index is 11.0. The van der Waals surface area contributed by atoms with Crippen molar-refractivity contribution >= 4 is 28.7 Å². The molecule has 80 valence electrons. The lowest BCUT2D eigenvalue weighted by Crippen LogP contribution is -2.12. The van der Waals surface area contributed by atoms with Crippen molar-refractivity contribution in [3.63, 3.8) is 0 Å². The van der Waals surface area contributed by atoms with Crippen molar-refractivity contribution in [2.24, 2.45) is 0 Å². The molecule has 4 heteroatoms. The van der Waals surface area contributed by atoms with Gasteiger partial charge in [0.2, 0.25) is 0 Å². The van der Waals surface area contributed by atoms with Gasteiger partial charge in [0.15, 0.2) is 0 Å². The van der Waals surface area contributed by atoms with E-state index in [1.54, 1.807) is 35.6 Å². The average molecular weight is 231 g/mol. The molecule has 16 heavy (non-hydrogen) atoms. The Morgan fingerprint density at radius 3 is 2.19 bits per heavy atom. The van der Waals surface area contributed by atoms with Gasteiger partial charge in [0, 0.05) is 0 Å². The van der Waals surface area contributed by atoms with Gasteiger partial charge in [0.25, 0.3) is 11.7 Å². The summed E-state index contributed by atoms with van der Waals surface area (Å²) in [6.45, 7) is 0. The summed E-state index contributed by atoms with van der Waals surface area (Å²) in [6.07, 6.45) is 0. The predicted octanol–water partition coefficient (Wildman–Crippen LogP) is 2.57. The van der Waals surface area contributed by atoms with Crippen LogP contribution in [-0.2, 0) is 4.79 Å². The molecular weight excluding hydrogens is 222 g/mol. The summed E-state index contributed by atoms with van der Waals surface area (Å²) < 4.78 is 0. The molecule has 1 aromatic heterocycles. The van der Waals surface area contributed by atoms with E-state index in [1.165, 1.54) is 0 Å². The number of nitrogens with one attached hydrogen (secondary N) is 1. The molecule has 0 fully saturated rings. The van der Waals surface area contributed by atoms with E-state index in [1.807, 2.05) is 22.9 Å². The SMILES string of the molecule is O=C1Nc2ccccc2C1=O.c1ccsc1. The predicted molar refractivity (Wildman–Crippen MR) is 63.7 cm³/mol. The Morgan fingerprint density at radius 1 is 0.938 bits per heavy atom. The maximum absolute atomic E-state index is 11.0. The van der Waals surface area contributed by atoms with E-state index >= 15 is 0 Å². The number of thiophene rings is 1. The van der Waals surface area contributed by atoms with E-state index in [-0.39, 0.29) is 0 Å². The summed E-state index contributed by atoms with van der Waals surface area (Å²) in [5, 5.41) is 6.54. The highest BCUT2D eigenvalue weighted by molar-refractivity contribution is 7.07. The second-order valence-corrected chi connectivity index (χ2v) is 3.94. The molecule has 0 aliphatic carbocycles. The van der Waals surface area contributed by atoms with Gasteiger partial charge in [-0.3, -0.25) is 9.59 Å². The average Bonchev–Trinajstić information content (AvgIpc) is 2.93. The van der Waals surface area contributed by atoms with Crippen LogP contribution in [-0.4, -0.2) is 11.7 Å². The Balaban J connectivity index is 0.000000162. The van der Waals surface area contributed by atoms with Crippen molar-refractivity contribution < 1.29 is 9.59 Å². The van der Waals surface area contributed by atoms with Crippen LogP contribution in [0.25, 0.3) is 0 Å². The number of carbonyl (C=O) groups is 2. The van der Waals surface area contributed by atoms with Crippen molar-refractivity contribution in [3.8, 4) is 0 Å². The molecule has 0 bridgehead atoms. The summed E-state index contributed by atoms with van der Waals surface area (Å²) >= 11 is 1.71. The molecule has 0 radical (unpaired) electrons. The topological polar surface area (TPSA) is 46.2 Å². The van der Waals surface area contributed by atoms with E-state index in [0.717, 1.165) is 0 Å². The summed E-state index contributed by atoms with van der Waals surface area (Å²) in [5.74, 6) is -0.980. The quantitative estimate of drug-likeness (QED) is 0.708. The van der Waals surface area contributed by atoms with E-state index in [9.17, 15) is 9.59 Å². The zero-order valence-corrected chi connectivity index (χ0v) is 9.16. The first-order valence-corrected chi connectivity index (χ1v) is 5.65. The van der Waals surface area contributed by atoms with Gasteiger partial charge in [-0.15, -0.1) is 0 Å². The molecule has 0 saturated heterocycles. The zero-order valence-electron chi connectivity index (χ0n) is 8.34. The van der Waals surface area contributed by atoms with E-state index in [2.05, 4.69) is 5.32 Å². The number of para-hydroxylation sites is 1. The van der Waals surface area contributed by atoms with Gasteiger partial charge in [-0.05, 0) is 22.9 Å². The molecule has 2 aromatic rings. The van der Waals surface area contributed by atoms with Crippen molar-refractivity contribution in [1.29, 1.82) is 0 Å². The van der Waals surface area contributed by atoms with Gasteiger partial charge in [-0.25, -0.2) is 0 Å². The molecule has 1 aliphatic rings. The zero-order chi connectivity index (χ0) is 11.4. The van der Waals surface area contributed by atoms with Gasteiger partial charge in [-0.2, -0.15) is 11.3 Å². The standard InChI is InChI=1S/C8H5NO2.C4H4S/c10-7-5-3-1-2-4-6(5)9-8(7)11;1-2-4-5-3-1/h1-4H,(H,9,10,11);1-4H. The Hall–Kier alpha value is -1.94. The Labute approximate surface area is 96.7 Å². The lowest BCUT2D eigenvalue weighted by atomic mass is 10.1. The molecule has 1 amide bonds. The van der Waals surface area contributed by atoms with Crippen LogP contribution in [0.1, 0.15) is 10.4 Å². The number of hydrogen-bond donors (Lipinski definition) is 1. The molecule has 0 unspecified atom stereocenters. The molecule has 0 saturated carbocycles. The molecule has 1 aromatic carbocycles. The van der Waals surface area contributed by atoms with Crippen molar-refractivity contribution in [3.05, 3.63) is 52.7 Å². The molecule has 0 spiro atoms. The molecule has 2 heterocycles. The second kappa shape index (κ2) is 4.72. The first-order valence-electron chi connectivity index (χ1n) is 4.71. The third kappa shape index (κ3) is 2.17. The Bertz CT molecular complexity index is 488. The number of anilines is 1. The summed E-state index contributed by atoms with van der Waals surface area (Å²) in [6, 6.07) is 10.9. The summed E-state index contributed by atoms with van der Waals surface area (Å²) in [7, 11) is 0. The summed E-state index contributed by atoms with van der Waals surface area (Å²) in [4.78, 5) is 21.8. The smallest absolute Gasteiger partial charge is 0.296 e.